The summed E-state index contributed by atoms with van der Waals surface area (Å²) < 4.78 is 0. The molecule has 0 aromatic carbocycles. The van der Waals surface area contributed by atoms with Crippen molar-refractivity contribution in [1.82, 2.24) is 10.3 Å². The molecule has 0 saturated carbocycles. The number of hydrogen-bond acceptors (Lipinski definition) is 3. The van der Waals surface area contributed by atoms with Gasteiger partial charge in [-0.1, -0.05) is 13.8 Å². The molecule has 0 aliphatic heterocycles. The van der Waals surface area contributed by atoms with Crippen molar-refractivity contribution in [2.75, 3.05) is 24.5 Å². The lowest BCUT2D eigenvalue weighted by Gasteiger charge is -2.22. The second kappa shape index (κ2) is 8.09. The van der Waals surface area contributed by atoms with Gasteiger partial charge in [-0.05, 0) is 50.9 Å². The fourth-order valence-electron chi connectivity index (χ4n) is 2.10. The fourth-order valence-corrected chi connectivity index (χ4v) is 2.10. The molecule has 1 rings (SSSR count). The van der Waals surface area contributed by atoms with Crippen LogP contribution < -0.4 is 10.2 Å². The Balaban J connectivity index is 2.78. The Morgan fingerprint density at radius 2 is 1.94 bits per heavy atom. The van der Waals surface area contributed by atoms with E-state index in [1.54, 1.807) is 0 Å². The first-order valence-corrected chi connectivity index (χ1v) is 7.14. The first kappa shape index (κ1) is 15.0. The van der Waals surface area contributed by atoms with Crippen LogP contribution in [0.25, 0.3) is 0 Å². The van der Waals surface area contributed by atoms with Crippen molar-refractivity contribution in [3.63, 3.8) is 0 Å². The quantitative estimate of drug-likeness (QED) is 0.717. The largest absolute Gasteiger partial charge is 0.357 e. The molecule has 0 amide bonds. The highest BCUT2D eigenvalue weighted by atomic mass is 15.2. The summed E-state index contributed by atoms with van der Waals surface area (Å²) in [7, 11) is 0. The SMILES string of the molecule is CCCNCc1cc(C)nc(N(CC)CCC)c1. The van der Waals surface area contributed by atoms with Crippen molar-refractivity contribution >= 4 is 5.82 Å². The van der Waals surface area contributed by atoms with Crippen LogP contribution in [-0.2, 0) is 6.54 Å². The molecule has 1 aromatic heterocycles. The van der Waals surface area contributed by atoms with Crippen LogP contribution >= 0.6 is 0 Å². The zero-order valence-electron chi connectivity index (χ0n) is 12.3. The number of nitrogens with one attached hydrogen (secondary N) is 1. The predicted molar refractivity (Wildman–Crippen MR) is 79.1 cm³/mol. The predicted octanol–water partition coefficient (Wildman–Crippen LogP) is 3.13. The van der Waals surface area contributed by atoms with E-state index < -0.39 is 0 Å². The zero-order valence-corrected chi connectivity index (χ0v) is 12.3. The van der Waals surface area contributed by atoms with Crippen LogP contribution in [0.3, 0.4) is 0 Å². The Hall–Kier alpha value is -1.09. The lowest BCUT2D eigenvalue weighted by molar-refractivity contribution is 0.673. The summed E-state index contributed by atoms with van der Waals surface area (Å²) >= 11 is 0. The summed E-state index contributed by atoms with van der Waals surface area (Å²) in [6, 6.07) is 4.39. The molecule has 0 unspecified atom stereocenters. The minimum atomic E-state index is 0.938. The van der Waals surface area contributed by atoms with Gasteiger partial charge >= 0.3 is 0 Å². The lowest BCUT2D eigenvalue weighted by atomic mass is 10.2. The van der Waals surface area contributed by atoms with Gasteiger partial charge in [0, 0.05) is 25.3 Å². The van der Waals surface area contributed by atoms with Crippen molar-refractivity contribution in [2.45, 2.75) is 47.1 Å². The van der Waals surface area contributed by atoms with E-state index in [-0.39, 0.29) is 0 Å². The second-order valence-corrected chi connectivity index (χ2v) is 4.73. The Kier molecular flexibility index (Phi) is 6.73. The molecule has 1 heterocycles. The van der Waals surface area contributed by atoms with Crippen LogP contribution in [-0.4, -0.2) is 24.6 Å². The summed E-state index contributed by atoms with van der Waals surface area (Å²) in [5, 5.41) is 3.45. The molecule has 0 aliphatic rings. The monoisotopic (exact) mass is 249 g/mol. The first-order chi connectivity index (χ1) is 8.71. The van der Waals surface area contributed by atoms with Gasteiger partial charge in [0.25, 0.3) is 0 Å². The van der Waals surface area contributed by atoms with Gasteiger partial charge in [-0.15, -0.1) is 0 Å². The maximum atomic E-state index is 4.65. The Morgan fingerprint density at radius 1 is 1.17 bits per heavy atom. The lowest BCUT2D eigenvalue weighted by Crippen LogP contribution is -2.25. The van der Waals surface area contributed by atoms with Crippen molar-refractivity contribution in [3.8, 4) is 0 Å². The molecular formula is C15H27N3. The zero-order chi connectivity index (χ0) is 13.4. The summed E-state index contributed by atoms with van der Waals surface area (Å²) in [6.07, 6.45) is 2.33. The van der Waals surface area contributed by atoms with Crippen LogP contribution in [0.4, 0.5) is 5.82 Å². The number of aryl methyl sites for hydroxylation is 1. The third-order valence-corrected chi connectivity index (χ3v) is 2.95. The highest BCUT2D eigenvalue weighted by Gasteiger charge is 2.06. The highest BCUT2D eigenvalue weighted by Crippen LogP contribution is 2.15. The van der Waals surface area contributed by atoms with Gasteiger partial charge in [0.2, 0.25) is 0 Å². The Labute approximate surface area is 112 Å². The van der Waals surface area contributed by atoms with E-state index in [0.717, 1.165) is 44.1 Å². The molecule has 0 aliphatic carbocycles. The Bertz CT molecular complexity index is 350. The molecule has 0 spiro atoms. The smallest absolute Gasteiger partial charge is 0.129 e. The second-order valence-electron chi connectivity index (χ2n) is 4.73. The number of hydrogen-bond donors (Lipinski definition) is 1. The van der Waals surface area contributed by atoms with Crippen LogP contribution in [0.15, 0.2) is 12.1 Å². The molecule has 1 aromatic rings. The first-order valence-electron chi connectivity index (χ1n) is 7.14. The van der Waals surface area contributed by atoms with Gasteiger partial charge in [-0.3, -0.25) is 0 Å². The van der Waals surface area contributed by atoms with Crippen molar-refractivity contribution in [2.24, 2.45) is 0 Å². The van der Waals surface area contributed by atoms with Gasteiger partial charge in [-0.25, -0.2) is 4.98 Å². The number of pyridine rings is 1. The maximum Gasteiger partial charge on any atom is 0.129 e. The van der Waals surface area contributed by atoms with Crippen molar-refractivity contribution in [3.05, 3.63) is 23.4 Å². The van der Waals surface area contributed by atoms with Gasteiger partial charge in [0.05, 0.1) is 0 Å². The van der Waals surface area contributed by atoms with E-state index in [0.29, 0.717) is 0 Å². The van der Waals surface area contributed by atoms with Crippen molar-refractivity contribution < 1.29 is 0 Å². The van der Waals surface area contributed by atoms with Crippen LogP contribution in [0.5, 0.6) is 0 Å². The molecule has 102 valence electrons. The molecule has 0 saturated heterocycles. The van der Waals surface area contributed by atoms with E-state index in [9.17, 15) is 0 Å². The Morgan fingerprint density at radius 3 is 2.56 bits per heavy atom. The molecule has 3 nitrogen and oxygen atoms in total. The van der Waals surface area contributed by atoms with Gasteiger partial charge in [0.1, 0.15) is 5.82 Å². The molecule has 0 bridgehead atoms. The van der Waals surface area contributed by atoms with E-state index >= 15 is 0 Å². The van der Waals surface area contributed by atoms with Crippen LogP contribution in [0.1, 0.15) is 44.9 Å². The van der Waals surface area contributed by atoms with Gasteiger partial charge in [-0.2, -0.15) is 0 Å². The minimum Gasteiger partial charge on any atom is -0.357 e. The molecule has 0 atom stereocenters. The molecule has 18 heavy (non-hydrogen) atoms. The number of nitrogens with zero attached hydrogens (tertiary/aromatic N) is 2. The average molecular weight is 249 g/mol. The van der Waals surface area contributed by atoms with E-state index in [2.05, 4.69) is 55.0 Å². The fraction of sp³-hybridized carbons (Fsp3) is 0.667. The molecular weight excluding hydrogens is 222 g/mol. The third kappa shape index (κ3) is 4.65. The van der Waals surface area contributed by atoms with Crippen molar-refractivity contribution in [1.29, 1.82) is 0 Å². The van der Waals surface area contributed by atoms with E-state index in [1.165, 1.54) is 12.0 Å². The molecule has 1 N–H and O–H groups in total. The highest BCUT2D eigenvalue weighted by molar-refractivity contribution is 5.42. The topological polar surface area (TPSA) is 28.2 Å². The van der Waals surface area contributed by atoms with Crippen LogP contribution in [0.2, 0.25) is 0 Å². The minimum absolute atomic E-state index is 0.938. The summed E-state index contributed by atoms with van der Waals surface area (Å²) in [6.45, 7) is 12.8. The molecule has 0 fully saturated rings. The molecule has 0 radical (unpaired) electrons. The summed E-state index contributed by atoms with van der Waals surface area (Å²) in [5.74, 6) is 1.12. The van der Waals surface area contributed by atoms with E-state index in [4.69, 9.17) is 0 Å². The summed E-state index contributed by atoms with van der Waals surface area (Å²) in [5.41, 5.74) is 2.44. The van der Waals surface area contributed by atoms with Gasteiger partial charge < -0.3 is 10.2 Å². The molecule has 3 heteroatoms. The number of anilines is 1. The number of rotatable bonds is 8. The standard InChI is InChI=1S/C15H27N3/c1-5-8-16-12-14-10-13(4)17-15(11-14)18(7-3)9-6-2/h10-11,16H,5-9,12H2,1-4H3. The number of aromatic nitrogens is 1. The maximum absolute atomic E-state index is 4.65. The summed E-state index contributed by atoms with van der Waals surface area (Å²) in [4.78, 5) is 6.99. The normalized spacial score (nSPS) is 10.7. The van der Waals surface area contributed by atoms with Crippen LogP contribution in [0, 0.1) is 6.92 Å². The third-order valence-electron chi connectivity index (χ3n) is 2.95. The van der Waals surface area contributed by atoms with E-state index in [1.807, 2.05) is 0 Å². The van der Waals surface area contributed by atoms with Gasteiger partial charge in [0.15, 0.2) is 0 Å². The average Bonchev–Trinajstić information content (AvgIpc) is 2.35.